The molecule has 0 aromatic carbocycles. The summed E-state index contributed by atoms with van der Waals surface area (Å²) in [6, 6.07) is 4.84. The Hall–Kier alpha value is -1.88. The molecule has 1 saturated carbocycles. The highest BCUT2D eigenvalue weighted by molar-refractivity contribution is 6.32. The van der Waals surface area contributed by atoms with E-state index in [1.807, 2.05) is 0 Å². The Kier molecular flexibility index (Phi) is 3.44. The number of hydrogen-bond donors (Lipinski definition) is 0. The minimum atomic E-state index is -0.577. The molecule has 0 saturated heterocycles. The Morgan fingerprint density at radius 3 is 3.00 bits per heavy atom. The summed E-state index contributed by atoms with van der Waals surface area (Å²) in [5, 5.41) is 0.0153. The third-order valence-electron chi connectivity index (χ3n) is 3.19. The molecule has 0 bridgehead atoms. The first-order valence-electron chi connectivity index (χ1n) is 6.29. The molecule has 3 rings (SSSR count). The van der Waals surface area contributed by atoms with Crippen molar-refractivity contribution in [2.45, 2.75) is 25.4 Å². The number of pyridine rings is 1. The molecule has 2 aromatic heterocycles. The summed E-state index contributed by atoms with van der Waals surface area (Å²) in [5.74, 6) is -0.210. The van der Waals surface area contributed by atoms with Crippen LogP contribution in [0.1, 0.15) is 29.0 Å². The highest BCUT2D eigenvalue weighted by Gasteiger charge is 2.34. The average molecular weight is 295 g/mol. The Morgan fingerprint density at radius 1 is 1.55 bits per heavy atom. The largest absolute Gasteiger partial charge is 0.467 e. The quantitative estimate of drug-likeness (QED) is 0.813. The zero-order valence-electron chi connectivity index (χ0n) is 10.6. The first-order chi connectivity index (χ1) is 9.65. The van der Waals surface area contributed by atoms with Crippen molar-refractivity contribution < 1.29 is 13.6 Å². The normalized spacial score (nSPS) is 14.3. The van der Waals surface area contributed by atoms with Crippen molar-refractivity contribution in [1.82, 2.24) is 9.88 Å². The second-order valence-corrected chi connectivity index (χ2v) is 5.09. The molecule has 104 valence electrons. The van der Waals surface area contributed by atoms with Crippen LogP contribution in [0.15, 0.2) is 35.1 Å². The summed E-state index contributed by atoms with van der Waals surface area (Å²) in [6.07, 6.45) is 4.42. The summed E-state index contributed by atoms with van der Waals surface area (Å²) in [6.45, 7) is 0.351. The van der Waals surface area contributed by atoms with Gasteiger partial charge in [-0.3, -0.25) is 4.79 Å². The van der Waals surface area contributed by atoms with Crippen LogP contribution in [0.4, 0.5) is 4.39 Å². The minimum Gasteiger partial charge on any atom is -0.467 e. The SMILES string of the molecule is O=C(c1cc(F)cnc1Cl)N(Cc1ccco1)C1CC1. The molecule has 0 atom stereocenters. The summed E-state index contributed by atoms with van der Waals surface area (Å²) in [5.41, 5.74) is 0.0881. The van der Waals surface area contributed by atoms with E-state index < -0.39 is 5.82 Å². The Bertz CT molecular complexity index is 626. The molecule has 1 aliphatic carbocycles. The Morgan fingerprint density at radius 2 is 2.35 bits per heavy atom. The van der Waals surface area contributed by atoms with Gasteiger partial charge in [0.2, 0.25) is 0 Å². The molecule has 0 radical (unpaired) electrons. The average Bonchev–Trinajstić information content (AvgIpc) is 3.15. The van der Waals surface area contributed by atoms with E-state index in [9.17, 15) is 9.18 Å². The van der Waals surface area contributed by atoms with E-state index in [1.165, 1.54) is 0 Å². The van der Waals surface area contributed by atoms with E-state index in [4.69, 9.17) is 16.0 Å². The fraction of sp³-hybridized carbons (Fsp3) is 0.286. The monoisotopic (exact) mass is 294 g/mol. The topological polar surface area (TPSA) is 46.3 Å². The molecule has 0 spiro atoms. The third kappa shape index (κ3) is 2.67. The lowest BCUT2D eigenvalue weighted by Crippen LogP contribution is -2.32. The molecule has 4 nitrogen and oxygen atoms in total. The van der Waals surface area contributed by atoms with Gasteiger partial charge in [-0.25, -0.2) is 9.37 Å². The van der Waals surface area contributed by atoms with Gasteiger partial charge in [0.25, 0.3) is 5.91 Å². The molecule has 1 amide bonds. The first-order valence-corrected chi connectivity index (χ1v) is 6.67. The maximum atomic E-state index is 13.3. The van der Waals surface area contributed by atoms with Gasteiger partial charge >= 0.3 is 0 Å². The van der Waals surface area contributed by atoms with Crippen molar-refractivity contribution in [1.29, 1.82) is 0 Å². The molecule has 20 heavy (non-hydrogen) atoms. The molecule has 0 N–H and O–H groups in total. The number of rotatable bonds is 4. The van der Waals surface area contributed by atoms with Gasteiger partial charge in [-0.2, -0.15) is 0 Å². The van der Waals surface area contributed by atoms with Crippen LogP contribution in [0.25, 0.3) is 0 Å². The maximum Gasteiger partial charge on any atom is 0.257 e. The smallest absolute Gasteiger partial charge is 0.257 e. The zero-order chi connectivity index (χ0) is 14.1. The predicted molar refractivity (Wildman–Crippen MR) is 70.8 cm³/mol. The van der Waals surface area contributed by atoms with Gasteiger partial charge in [0.05, 0.1) is 24.6 Å². The van der Waals surface area contributed by atoms with Crippen LogP contribution in [-0.4, -0.2) is 21.8 Å². The molecule has 2 heterocycles. The number of halogens is 2. The van der Waals surface area contributed by atoms with E-state index in [-0.39, 0.29) is 22.7 Å². The molecule has 1 aliphatic rings. The van der Waals surface area contributed by atoms with Crippen molar-refractivity contribution >= 4 is 17.5 Å². The van der Waals surface area contributed by atoms with E-state index in [2.05, 4.69) is 4.98 Å². The standard InChI is InChI=1S/C14H12ClFN2O2/c15-13-12(6-9(16)7-17-13)14(19)18(10-3-4-10)8-11-2-1-5-20-11/h1-2,5-7,10H,3-4,8H2. The molecule has 0 unspecified atom stereocenters. The summed E-state index contributed by atoms with van der Waals surface area (Å²) < 4.78 is 18.5. The number of aromatic nitrogens is 1. The Labute approximate surface area is 120 Å². The van der Waals surface area contributed by atoms with Crippen LogP contribution in [0.5, 0.6) is 0 Å². The molecule has 6 heteroatoms. The van der Waals surface area contributed by atoms with Crippen LogP contribution < -0.4 is 0 Å². The number of hydrogen-bond acceptors (Lipinski definition) is 3. The first kappa shape index (κ1) is 13.1. The molecule has 1 fully saturated rings. The lowest BCUT2D eigenvalue weighted by atomic mass is 10.2. The highest BCUT2D eigenvalue weighted by Crippen LogP contribution is 2.31. The third-order valence-corrected chi connectivity index (χ3v) is 3.49. The van der Waals surface area contributed by atoms with E-state index in [0.717, 1.165) is 25.1 Å². The predicted octanol–water partition coefficient (Wildman–Crippen LogP) is 3.27. The lowest BCUT2D eigenvalue weighted by molar-refractivity contribution is 0.0717. The Balaban J connectivity index is 1.87. The van der Waals surface area contributed by atoms with Crippen LogP contribution in [0.3, 0.4) is 0 Å². The minimum absolute atomic E-state index is 0.0153. The van der Waals surface area contributed by atoms with Crippen LogP contribution in [-0.2, 0) is 6.54 Å². The molecule has 0 aliphatic heterocycles. The molecular weight excluding hydrogens is 283 g/mol. The molecule has 2 aromatic rings. The lowest BCUT2D eigenvalue weighted by Gasteiger charge is -2.21. The van der Waals surface area contributed by atoms with E-state index in [1.54, 1.807) is 23.3 Å². The van der Waals surface area contributed by atoms with Gasteiger partial charge in [-0.1, -0.05) is 11.6 Å². The number of carbonyl (C=O) groups is 1. The number of furan rings is 1. The van der Waals surface area contributed by atoms with E-state index >= 15 is 0 Å². The van der Waals surface area contributed by atoms with Gasteiger partial charge in [0.1, 0.15) is 16.7 Å². The van der Waals surface area contributed by atoms with E-state index in [0.29, 0.717) is 12.3 Å². The number of amides is 1. The van der Waals surface area contributed by atoms with Crippen LogP contribution in [0.2, 0.25) is 5.15 Å². The second kappa shape index (κ2) is 5.25. The van der Waals surface area contributed by atoms with Crippen molar-refractivity contribution in [3.63, 3.8) is 0 Å². The van der Waals surface area contributed by atoms with Gasteiger partial charge in [0, 0.05) is 6.04 Å². The van der Waals surface area contributed by atoms with Crippen molar-refractivity contribution in [2.75, 3.05) is 0 Å². The second-order valence-electron chi connectivity index (χ2n) is 4.74. The van der Waals surface area contributed by atoms with Gasteiger partial charge in [0.15, 0.2) is 0 Å². The fourth-order valence-electron chi connectivity index (χ4n) is 2.05. The summed E-state index contributed by atoms with van der Waals surface area (Å²) >= 11 is 5.89. The number of carbonyl (C=O) groups excluding carboxylic acids is 1. The van der Waals surface area contributed by atoms with Crippen LogP contribution >= 0.6 is 11.6 Å². The van der Waals surface area contributed by atoms with Gasteiger partial charge in [-0.15, -0.1) is 0 Å². The van der Waals surface area contributed by atoms with Crippen molar-refractivity contribution in [2.24, 2.45) is 0 Å². The number of nitrogens with zero attached hydrogens (tertiary/aromatic N) is 2. The van der Waals surface area contributed by atoms with Crippen LogP contribution in [0, 0.1) is 5.82 Å². The highest BCUT2D eigenvalue weighted by atomic mass is 35.5. The zero-order valence-corrected chi connectivity index (χ0v) is 11.3. The van der Waals surface area contributed by atoms with Gasteiger partial charge < -0.3 is 9.32 Å². The van der Waals surface area contributed by atoms with Gasteiger partial charge in [-0.05, 0) is 31.0 Å². The van der Waals surface area contributed by atoms with Crippen molar-refractivity contribution in [3.8, 4) is 0 Å². The van der Waals surface area contributed by atoms with Crippen molar-refractivity contribution in [3.05, 3.63) is 53.0 Å². The summed E-state index contributed by atoms with van der Waals surface area (Å²) in [4.78, 5) is 17.9. The fourth-order valence-corrected chi connectivity index (χ4v) is 2.23. The molecular formula is C14H12ClFN2O2. The maximum absolute atomic E-state index is 13.3. The summed E-state index contributed by atoms with van der Waals surface area (Å²) in [7, 11) is 0.